The van der Waals surface area contributed by atoms with Crippen LogP contribution in [-0.4, -0.2) is 40.7 Å². The molecule has 1 amide bonds. The number of hydrogen-bond acceptors (Lipinski definition) is 4. The number of benzene rings is 2. The first-order chi connectivity index (χ1) is 14.6. The molecule has 0 spiro atoms. The van der Waals surface area contributed by atoms with E-state index in [1.165, 1.54) is 6.42 Å². The summed E-state index contributed by atoms with van der Waals surface area (Å²) in [5.41, 5.74) is 3.23. The van der Waals surface area contributed by atoms with Crippen molar-refractivity contribution in [3.63, 3.8) is 0 Å². The van der Waals surface area contributed by atoms with E-state index < -0.39 is 0 Å². The van der Waals surface area contributed by atoms with Crippen molar-refractivity contribution in [1.29, 1.82) is 0 Å². The molecule has 0 radical (unpaired) electrons. The fourth-order valence-corrected chi connectivity index (χ4v) is 4.54. The van der Waals surface area contributed by atoms with E-state index in [1.807, 2.05) is 41.3 Å². The third-order valence-electron chi connectivity index (χ3n) is 6.13. The fourth-order valence-electron chi connectivity index (χ4n) is 4.54. The van der Waals surface area contributed by atoms with E-state index in [4.69, 9.17) is 9.47 Å². The smallest absolute Gasteiger partial charge is 0.323 e. The Bertz CT molecular complexity index is 1150. The summed E-state index contributed by atoms with van der Waals surface area (Å²) < 4.78 is 11.0. The van der Waals surface area contributed by atoms with E-state index in [2.05, 4.69) is 16.9 Å². The lowest BCUT2D eigenvalue weighted by atomic mass is 9.87. The van der Waals surface area contributed by atoms with E-state index in [1.54, 1.807) is 0 Å². The van der Waals surface area contributed by atoms with Gasteiger partial charge in [-0.3, -0.25) is 4.79 Å². The molecule has 2 unspecified atom stereocenters. The van der Waals surface area contributed by atoms with Gasteiger partial charge in [-0.15, -0.1) is 0 Å². The van der Waals surface area contributed by atoms with Gasteiger partial charge in [0.25, 0.3) is 0 Å². The number of H-pyrrole nitrogens is 2. The summed E-state index contributed by atoms with van der Waals surface area (Å²) in [5.74, 6) is 1.97. The highest BCUT2D eigenvalue weighted by Crippen LogP contribution is 2.38. The van der Waals surface area contributed by atoms with Crippen LogP contribution in [0.1, 0.15) is 43.2 Å². The Morgan fingerprint density at radius 2 is 1.87 bits per heavy atom. The number of piperidine rings is 1. The number of amides is 1. The zero-order valence-electron chi connectivity index (χ0n) is 16.9. The number of ether oxygens (including phenoxy) is 2. The molecule has 5 rings (SSSR count). The van der Waals surface area contributed by atoms with Gasteiger partial charge in [-0.2, -0.15) is 0 Å². The number of carbonyl (C=O) groups is 1. The molecule has 2 aromatic carbocycles. The quantitative estimate of drug-likeness (QED) is 0.694. The van der Waals surface area contributed by atoms with Crippen molar-refractivity contribution < 1.29 is 14.3 Å². The molecule has 3 heterocycles. The number of carbonyl (C=O) groups excluding carboxylic acids is 1. The van der Waals surface area contributed by atoms with Crippen LogP contribution in [0.25, 0.3) is 11.0 Å². The van der Waals surface area contributed by atoms with Crippen molar-refractivity contribution >= 4 is 16.9 Å². The molecule has 0 saturated carbocycles. The van der Waals surface area contributed by atoms with Crippen LogP contribution in [0.4, 0.5) is 0 Å². The van der Waals surface area contributed by atoms with Crippen LogP contribution in [-0.2, 0) is 4.79 Å². The number of aromatic nitrogens is 2. The van der Waals surface area contributed by atoms with Crippen LogP contribution in [0.5, 0.6) is 11.5 Å². The monoisotopic (exact) mass is 407 g/mol. The number of likely N-dealkylation sites (tertiary alicyclic amines) is 1. The molecule has 1 saturated heterocycles. The first kappa shape index (κ1) is 18.8. The topological polar surface area (TPSA) is 87.4 Å². The molecule has 2 N–H and O–H groups in total. The fraction of sp³-hybridized carbons (Fsp3) is 0.391. The molecule has 2 aliphatic heterocycles. The normalized spacial score (nSPS) is 19.2. The molecule has 1 aromatic heterocycles. The average molecular weight is 407 g/mol. The predicted molar refractivity (Wildman–Crippen MR) is 113 cm³/mol. The predicted octanol–water partition coefficient (Wildman–Crippen LogP) is 3.37. The molecular formula is C23H25N3O4. The summed E-state index contributed by atoms with van der Waals surface area (Å²) in [7, 11) is 0. The Morgan fingerprint density at radius 3 is 2.73 bits per heavy atom. The summed E-state index contributed by atoms with van der Waals surface area (Å²) in [4.78, 5) is 32.5. The lowest BCUT2D eigenvalue weighted by Gasteiger charge is -2.32. The van der Waals surface area contributed by atoms with Crippen molar-refractivity contribution in [1.82, 2.24) is 14.9 Å². The maximum Gasteiger partial charge on any atom is 0.323 e. The van der Waals surface area contributed by atoms with Gasteiger partial charge >= 0.3 is 5.69 Å². The minimum absolute atomic E-state index is 0.146. The van der Waals surface area contributed by atoms with Gasteiger partial charge in [-0.1, -0.05) is 19.1 Å². The van der Waals surface area contributed by atoms with Crippen molar-refractivity contribution in [2.24, 2.45) is 5.92 Å². The lowest BCUT2D eigenvalue weighted by molar-refractivity contribution is -0.133. The van der Waals surface area contributed by atoms with Gasteiger partial charge in [0.15, 0.2) is 11.5 Å². The zero-order valence-corrected chi connectivity index (χ0v) is 16.9. The Morgan fingerprint density at radius 1 is 1.10 bits per heavy atom. The molecule has 156 valence electrons. The van der Waals surface area contributed by atoms with Gasteiger partial charge in [0.1, 0.15) is 0 Å². The van der Waals surface area contributed by atoms with Crippen LogP contribution in [0.2, 0.25) is 0 Å². The summed E-state index contributed by atoms with van der Waals surface area (Å²) in [6.07, 6.45) is 2.59. The zero-order chi connectivity index (χ0) is 20.7. The Kier molecular flexibility index (Phi) is 4.73. The number of aromatic amines is 2. The van der Waals surface area contributed by atoms with Crippen molar-refractivity contribution in [2.45, 2.75) is 32.1 Å². The van der Waals surface area contributed by atoms with Crippen LogP contribution >= 0.6 is 0 Å². The highest BCUT2D eigenvalue weighted by molar-refractivity contribution is 5.79. The van der Waals surface area contributed by atoms with E-state index in [9.17, 15) is 9.59 Å². The molecule has 30 heavy (non-hydrogen) atoms. The number of nitrogens with zero attached hydrogens (tertiary/aromatic N) is 1. The van der Waals surface area contributed by atoms with Gasteiger partial charge in [-0.25, -0.2) is 4.79 Å². The van der Waals surface area contributed by atoms with E-state index in [0.717, 1.165) is 47.4 Å². The average Bonchev–Trinajstić information content (AvgIpc) is 3.35. The van der Waals surface area contributed by atoms with Gasteiger partial charge in [0.2, 0.25) is 12.7 Å². The first-order valence-corrected chi connectivity index (χ1v) is 10.5. The Labute approximate surface area is 174 Å². The number of hydrogen-bond donors (Lipinski definition) is 2. The van der Waals surface area contributed by atoms with Gasteiger partial charge in [0.05, 0.1) is 11.0 Å². The van der Waals surface area contributed by atoms with Crippen molar-refractivity contribution in [3.05, 3.63) is 58.0 Å². The van der Waals surface area contributed by atoms with Crippen molar-refractivity contribution in [2.75, 3.05) is 19.9 Å². The molecule has 1 fully saturated rings. The molecule has 7 heteroatoms. The Balaban J connectivity index is 1.51. The third kappa shape index (κ3) is 3.56. The maximum atomic E-state index is 13.2. The highest BCUT2D eigenvalue weighted by Gasteiger charge is 2.27. The van der Waals surface area contributed by atoms with Gasteiger partial charge < -0.3 is 24.3 Å². The summed E-state index contributed by atoms with van der Waals surface area (Å²) in [6, 6.07) is 11.7. The minimum Gasteiger partial charge on any atom is -0.454 e. The molecule has 0 bridgehead atoms. The molecule has 3 aromatic rings. The van der Waals surface area contributed by atoms with Crippen LogP contribution in [0, 0.1) is 5.92 Å². The van der Waals surface area contributed by atoms with Gasteiger partial charge in [-0.05, 0) is 54.2 Å². The van der Waals surface area contributed by atoms with Crippen LogP contribution in [0.3, 0.4) is 0 Å². The standard InChI is InChI=1S/C23H25N3O4/c1-14-3-2-8-26(12-14)22(27)11-17(16-5-7-20-21(10-16)30-13-29-20)15-4-6-18-19(9-15)25-23(28)24-18/h4-7,9-10,14,17H,2-3,8,11-13H2,1H3,(H2,24,25,28). The molecule has 7 nitrogen and oxygen atoms in total. The largest absolute Gasteiger partial charge is 0.454 e. The van der Waals surface area contributed by atoms with Crippen LogP contribution < -0.4 is 15.2 Å². The van der Waals surface area contributed by atoms with E-state index in [0.29, 0.717) is 18.1 Å². The summed E-state index contributed by atoms with van der Waals surface area (Å²) in [5, 5.41) is 0. The van der Waals surface area contributed by atoms with E-state index in [-0.39, 0.29) is 24.3 Å². The second-order valence-electron chi connectivity index (χ2n) is 8.34. The number of imidazole rings is 1. The van der Waals surface area contributed by atoms with Crippen LogP contribution in [0.15, 0.2) is 41.2 Å². The second kappa shape index (κ2) is 7.55. The third-order valence-corrected chi connectivity index (χ3v) is 6.13. The SMILES string of the molecule is CC1CCCN(C(=O)CC(c2ccc3c(c2)OCO3)c2ccc3[nH]c(=O)[nH]c3c2)C1. The minimum atomic E-state index is -0.236. The molecule has 2 atom stereocenters. The molecule has 0 aliphatic carbocycles. The number of nitrogens with one attached hydrogen (secondary N) is 2. The molecule has 2 aliphatic rings. The highest BCUT2D eigenvalue weighted by atomic mass is 16.7. The van der Waals surface area contributed by atoms with E-state index >= 15 is 0 Å². The first-order valence-electron chi connectivity index (χ1n) is 10.5. The Hall–Kier alpha value is -3.22. The summed E-state index contributed by atoms with van der Waals surface area (Å²) in [6.45, 7) is 4.05. The summed E-state index contributed by atoms with van der Waals surface area (Å²) >= 11 is 0. The lowest BCUT2D eigenvalue weighted by Crippen LogP contribution is -2.39. The second-order valence-corrected chi connectivity index (χ2v) is 8.34. The van der Waals surface area contributed by atoms with Gasteiger partial charge in [0, 0.05) is 25.4 Å². The molecular weight excluding hydrogens is 382 g/mol. The number of fused-ring (bicyclic) bond motifs is 2. The number of rotatable bonds is 4. The maximum absolute atomic E-state index is 13.2. The van der Waals surface area contributed by atoms with Crippen molar-refractivity contribution in [3.8, 4) is 11.5 Å².